The Kier molecular flexibility index (Phi) is 4.05. The van der Waals surface area contributed by atoms with Crippen LogP contribution in [-0.4, -0.2) is 14.5 Å². The maximum Gasteiger partial charge on any atom is 0.358 e. The van der Waals surface area contributed by atoms with Gasteiger partial charge in [0.2, 0.25) is 5.69 Å². The summed E-state index contributed by atoms with van der Waals surface area (Å²) in [6.07, 6.45) is 0. The highest BCUT2D eigenvalue weighted by atomic mass is 16.6. The zero-order valence-electron chi connectivity index (χ0n) is 13.5. The third-order valence-electron chi connectivity index (χ3n) is 3.54. The van der Waals surface area contributed by atoms with Crippen LogP contribution in [0.2, 0.25) is 0 Å². The van der Waals surface area contributed by atoms with E-state index in [0.29, 0.717) is 5.82 Å². The molecule has 0 bridgehead atoms. The number of aromatic nitrogens is 2. The zero-order valence-corrected chi connectivity index (χ0v) is 13.5. The van der Waals surface area contributed by atoms with E-state index in [1.807, 2.05) is 24.3 Å². The molecule has 1 aromatic carbocycles. The molecule has 1 heterocycles. The van der Waals surface area contributed by atoms with Crippen LogP contribution in [0.1, 0.15) is 43.4 Å². The summed E-state index contributed by atoms with van der Waals surface area (Å²) in [5.41, 5.74) is 2.32. The van der Waals surface area contributed by atoms with Crippen LogP contribution in [-0.2, 0) is 12.5 Å². The van der Waals surface area contributed by atoms with E-state index >= 15 is 0 Å². The number of rotatable bonds is 1. The van der Waals surface area contributed by atoms with Gasteiger partial charge in [0.15, 0.2) is 5.82 Å². The van der Waals surface area contributed by atoms with Crippen LogP contribution in [0, 0.1) is 28.9 Å². The topological polar surface area (TPSA) is 61.0 Å². The van der Waals surface area contributed by atoms with E-state index in [1.54, 1.807) is 14.0 Å². The molecule has 0 saturated carbocycles. The van der Waals surface area contributed by atoms with Gasteiger partial charge in [-0.2, -0.15) is 4.98 Å². The monoisotopic (exact) mass is 297 g/mol. The quantitative estimate of drug-likeness (QED) is 0.461. The number of benzene rings is 1. The molecule has 0 radical (unpaired) electrons. The van der Waals surface area contributed by atoms with E-state index < -0.39 is 4.92 Å². The summed E-state index contributed by atoms with van der Waals surface area (Å²) in [4.78, 5) is 14.8. The van der Waals surface area contributed by atoms with Crippen molar-refractivity contribution in [2.24, 2.45) is 7.05 Å². The molecule has 0 amide bonds. The molecule has 0 fully saturated rings. The van der Waals surface area contributed by atoms with Crippen LogP contribution in [0.15, 0.2) is 24.3 Å². The van der Waals surface area contributed by atoms with Crippen molar-refractivity contribution in [1.82, 2.24) is 9.55 Å². The molecule has 0 aliphatic heterocycles. The molecule has 2 aromatic rings. The Morgan fingerprint density at radius 1 is 1.18 bits per heavy atom. The molecule has 0 spiro atoms. The first-order valence-corrected chi connectivity index (χ1v) is 7.00. The molecule has 5 heteroatoms. The van der Waals surface area contributed by atoms with Crippen molar-refractivity contribution in [1.29, 1.82) is 0 Å². The molecular formula is C17H19N3O2. The molecular weight excluding hydrogens is 278 g/mol. The molecule has 0 N–H and O–H groups in total. The van der Waals surface area contributed by atoms with E-state index in [9.17, 15) is 10.1 Å². The minimum absolute atomic E-state index is 0.0729. The van der Waals surface area contributed by atoms with Crippen LogP contribution in [0.5, 0.6) is 0 Å². The summed E-state index contributed by atoms with van der Waals surface area (Å²) in [7, 11) is 1.61. The summed E-state index contributed by atoms with van der Waals surface area (Å²) in [6, 6.07) is 7.91. The van der Waals surface area contributed by atoms with Gasteiger partial charge in [-0.05, 0) is 34.0 Å². The van der Waals surface area contributed by atoms with Gasteiger partial charge in [0.25, 0.3) is 0 Å². The lowest BCUT2D eigenvalue weighted by Gasteiger charge is -2.18. The highest BCUT2D eigenvalue weighted by molar-refractivity contribution is 5.48. The van der Waals surface area contributed by atoms with E-state index in [1.165, 1.54) is 10.1 Å². The molecule has 22 heavy (non-hydrogen) atoms. The summed E-state index contributed by atoms with van der Waals surface area (Å²) < 4.78 is 1.44. The van der Waals surface area contributed by atoms with Crippen molar-refractivity contribution >= 4 is 5.82 Å². The van der Waals surface area contributed by atoms with Crippen molar-refractivity contribution in [3.05, 3.63) is 57.0 Å². The molecule has 114 valence electrons. The van der Waals surface area contributed by atoms with E-state index in [-0.39, 0.29) is 16.9 Å². The normalized spacial score (nSPS) is 11.0. The first kappa shape index (κ1) is 15.8. The third kappa shape index (κ3) is 3.17. The Morgan fingerprint density at radius 3 is 2.27 bits per heavy atom. The Labute approximate surface area is 130 Å². The second-order valence-electron chi connectivity index (χ2n) is 6.22. The second-order valence-corrected chi connectivity index (χ2v) is 6.22. The fourth-order valence-electron chi connectivity index (χ4n) is 2.08. The Bertz CT molecular complexity index is 769. The van der Waals surface area contributed by atoms with E-state index in [4.69, 9.17) is 0 Å². The average Bonchev–Trinajstić information content (AvgIpc) is 2.71. The Morgan fingerprint density at radius 2 is 1.77 bits per heavy atom. The maximum atomic E-state index is 11.1. The van der Waals surface area contributed by atoms with E-state index in [2.05, 4.69) is 37.6 Å². The highest BCUT2D eigenvalue weighted by Gasteiger charge is 2.21. The molecule has 1 aromatic heterocycles. The van der Waals surface area contributed by atoms with Crippen molar-refractivity contribution in [3.8, 4) is 11.8 Å². The fraction of sp³-hybridized carbons (Fsp3) is 0.353. The SMILES string of the molecule is Cc1nc(C#Cc2ccc(C(C)(C)C)cc2)c([N+](=O)[O-])n1C. The molecule has 0 aliphatic rings. The van der Waals surface area contributed by atoms with Crippen molar-refractivity contribution in [3.63, 3.8) is 0 Å². The van der Waals surface area contributed by atoms with Crippen LogP contribution in [0.4, 0.5) is 5.82 Å². The van der Waals surface area contributed by atoms with Gasteiger partial charge in [-0.15, -0.1) is 0 Å². The number of hydrogen-bond donors (Lipinski definition) is 0. The second kappa shape index (κ2) is 5.64. The number of aryl methyl sites for hydroxylation is 1. The van der Waals surface area contributed by atoms with Gasteiger partial charge in [-0.25, -0.2) is 4.57 Å². The standard InChI is InChI=1S/C17H19N3O2/c1-12-18-15(16(19(12)5)20(21)22)11-8-13-6-9-14(10-7-13)17(2,3)4/h6-7,9-10H,1-5H3. The van der Waals surface area contributed by atoms with Crippen molar-refractivity contribution < 1.29 is 4.92 Å². The first-order valence-electron chi connectivity index (χ1n) is 7.00. The lowest BCUT2D eigenvalue weighted by molar-refractivity contribution is -0.392. The van der Waals surface area contributed by atoms with Crippen LogP contribution in [0.3, 0.4) is 0 Å². The largest absolute Gasteiger partial charge is 0.358 e. The lowest BCUT2D eigenvalue weighted by Crippen LogP contribution is -2.10. The van der Waals surface area contributed by atoms with Crippen molar-refractivity contribution in [2.45, 2.75) is 33.1 Å². The summed E-state index contributed by atoms with van der Waals surface area (Å²) in [6.45, 7) is 8.16. The lowest BCUT2D eigenvalue weighted by atomic mass is 9.87. The molecule has 5 nitrogen and oxygen atoms in total. The Hall–Kier alpha value is -2.61. The predicted octanol–water partition coefficient (Wildman–Crippen LogP) is 3.33. The van der Waals surface area contributed by atoms with Crippen LogP contribution >= 0.6 is 0 Å². The van der Waals surface area contributed by atoms with Crippen molar-refractivity contribution in [2.75, 3.05) is 0 Å². The minimum atomic E-state index is -0.452. The Balaban J connectivity index is 2.35. The summed E-state index contributed by atoms with van der Waals surface area (Å²) >= 11 is 0. The first-order chi connectivity index (χ1) is 10.2. The third-order valence-corrected chi connectivity index (χ3v) is 3.54. The molecule has 0 aliphatic carbocycles. The van der Waals surface area contributed by atoms with Gasteiger partial charge in [0, 0.05) is 12.5 Å². The highest BCUT2D eigenvalue weighted by Crippen LogP contribution is 2.22. The molecule has 0 atom stereocenters. The predicted molar refractivity (Wildman–Crippen MR) is 85.7 cm³/mol. The number of nitrogens with zero attached hydrogens (tertiary/aromatic N) is 3. The van der Waals surface area contributed by atoms with Gasteiger partial charge in [-0.1, -0.05) is 38.8 Å². The smallest absolute Gasteiger partial charge is 0.358 e. The zero-order chi connectivity index (χ0) is 16.5. The summed E-state index contributed by atoms with van der Waals surface area (Å²) in [5, 5.41) is 11.1. The number of imidazole rings is 1. The van der Waals surface area contributed by atoms with Gasteiger partial charge >= 0.3 is 5.82 Å². The molecule has 0 unspecified atom stereocenters. The minimum Gasteiger partial charge on any atom is -0.358 e. The maximum absolute atomic E-state index is 11.1. The van der Waals surface area contributed by atoms with Gasteiger partial charge in [0.1, 0.15) is 0 Å². The summed E-state index contributed by atoms with van der Waals surface area (Å²) in [5.74, 6) is 6.25. The molecule has 2 rings (SSSR count). The number of nitro groups is 1. The molecule has 0 saturated heterocycles. The van der Waals surface area contributed by atoms with E-state index in [0.717, 1.165) is 5.56 Å². The van der Waals surface area contributed by atoms with Gasteiger partial charge < -0.3 is 10.1 Å². The van der Waals surface area contributed by atoms with Gasteiger partial charge in [-0.3, -0.25) is 0 Å². The van der Waals surface area contributed by atoms with Gasteiger partial charge in [0.05, 0.1) is 7.05 Å². The fourth-order valence-corrected chi connectivity index (χ4v) is 2.08. The number of hydrogen-bond acceptors (Lipinski definition) is 3. The van der Waals surface area contributed by atoms with Crippen LogP contribution < -0.4 is 0 Å². The average molecular weight is 297 g/mol. The van der Waals surface area contributed by atoms with Crippen LogP contribution in [0.25, 0.3) is 0 Å².